The summed E-state index contributed by atoms with van der Waals surface area (Å²) < 4.78 is 0. The topological polar surface area (TPSA) is 83.6 Å². The highest BCUT2D eigenvalue weighted by atomic mass is 16.6. The molecule has 2 N–H and O–H groups in total. The number of nitrogens with zero attached hydrogens (tertiary/aromatic N) is 1. The zero-order valence-electron chi connectivity index (χ0n) is 20.6. The molecule has 3 aliphatic rings. The van der Waals surface area contributed by atoms with Gasteiger partial charge < -0.3 is 10.2 Å². The second-order valence-electron chi connectivity index (χ2n) is 11.6. The molecule has 0 aromatic heterocycles. The first kappa shape index (κ1) is 25.2. The van der Waals surface area contributed by atoms with Crippen LogP contribution in [0.15, 0.2) is 35.5 Å². The number of aliphatic hydroxyl groups excluding tert-OH is 1. The van der Waals surface area contributed by atoms with Gasteiger partial charge in [0.1, 0.15) is 0 Å². The van der Waals surface area contributed by atoms with Crippen LogP contribution in [-0.2, 0) is 0 Å². The smallest absolute Gasteiger partial charge is 0.219 e. The van der Waals surface area contributed by atoms with Gasteiger partial charge in [0.25, 0.3) is 0 Å². The summed E-state index contributed by atoms with van der Waals surface area (Å²) in [7, 11) is 0. The van der Waals surface area contributed by atoms with E-state index in [0.717, 1.165) is 12.0 Å². The Balaban J connectivity index is 1.74. The highest BCUT2D eigenvalue weighted by Crippen LogP contribution is 2.59. The Bertz CT molecular complexity index is 777. The fourth-order valence-electron chi connectivity index (χ4n) is 6.55. The molecule has 3 saturated carbocycles. The zero-order chi connectivity index (χ0) is 23.7. The molecule has 0 aromatic carbocycles. The molecule has 0 amide bonds. The van der Waals surface area contributed by atoms with E-state index in [1.807, 2.05) is 13.8 Å². The summed E-state index contributed by atoms with van der Waals surface area (Å²) in [6.07, 6.45) is 15.5. The molecule has 3 rings (SSSR count). The van der Waals surface area contributed by atoms with Crippen LogP contribution in [0.2, 0.25) is 0 Å². The molecule has 0 saturated heterocycles. The highest BCUT2D eigenvalue weighted by molar-refractivity contribution is 5.26. The minimum absolute atomic E-state index is 0.122. The highest BCUT2D eigenvalue weighted by Gasteiger charge is 2.50. The Labute approximate surface area is 193 Å². The summed E-state index contributed by atoms with van der Waals surface area (Å²) in [5, 5.41) is 31.5. The van der Waals surface area contributed by atoms with Gasteiger partial charge in [0.05, 0.1) is 11.7 Å². The van der Waals surface area contributed by atoms with Crippen LogP contribution in [0, 0.1) is 39.2 Å². The summed E-state index contributed by atoms with van der Waals surface area (Å²) in [5.41, 5.74) is 2.08. The molecule has 0 aromatic rings. The lowest BCUT2D eigenvalue weighted by molar-refractivity contribution is -0.526. The van der Waals surface area contributed by atoms with Gasteiger partial charge in [-0.2, -0.15) is 0 Å². The second kappa shape index (κ2) is 9.80. The van der Waals surface area contributed by atoms with Crippen LogP contribution in [0.3, 0.4) is 0 Å². The third-order valence-corrected chi connectivity index (χ3v) is 8.86. The van der Waals surface area contributed by atoms with Gasteiger partial charge in [-0.05, 0) is 75.5 Å². The fraction of sp³-hybridized carbons (Fsp3) is 0.778. The van der Waals surface area contributed by atoms with E-state index in [4.69, 9.17) is 0 Å². The van der Waals surface area contributed by atoms with Gasteiger partial charge in [-0.15, -0.1) is 0 Å². The molecule has 0 heterocycles. The van der Waals surface area contributed by atoms with Crippen LogP contribution in [-0.4, -0.2) is 32.9 Å². The van der Waals surface area contributed by atoms with Gasteiger partial charge in [0, 0.05) is 23.7 Å². The van der Waals surface area contributed by atoms with E-state index >= 15 is 0 Å². The number of aliphatic hydroxyl groups is 2. The molecule has 1 unspecified atom stereocenters. The standard InChI is InChI=1S/C27H43NO4/c1-18(8-9-19(2)26(3,4)30)24-12-13-25-21(7-6-14-27(24,25)5)11-10-20-15-22(28(31)32)17-23(29)16-20/h8-11,18-19,22-25,29-30H,6-7,12-17H2,1-5H3/b9-8+,20-10-,21-11+/t18-,19+,22-,23-,24?,25+,27-/m1/s1. The Hall–Kier alpha value is -1.46. The lowest BCUT2D eigenvalue weighted by atomic mass is 9.61. The van der Waals surface area contributed by atoms with E-state index in [1.165, 1.54) is 31.3 Å². The van der Waals surface area contributed by atoms with Gasteiger partial charge in [0.2, 0.25) is 6.04 Å². The molecule has 3 fully saturated rings. The van der Waals surface area contributed by atoms with Crippen molar-refractivity contribution in [3.63, 3.8) is 0 Å². The minimum atomic E-state index is -0.701. The summed E-state index contributed by atoms with van der Waals surface area (Å²) >= 11 is 0. The van der Waals surface area contributed by atoms with Crippen LogP contribution >= 0.6 is 0 Å². The zero-order valence-corrected chi connectivity index (χ0v) is 20.6. The summed E-state index contributed by atoms with van der Waals surface area (Å²) in [4.78, 5) is 11.0. The van der Waals surface area contributed by atoms with Gasteiger partial charge in [-0.1, -0.05) is 56.2 Å². The average molecular weight is 446 g/mol. The Morgan fingerprint density at radius 1 is 1.19 bits per heavy atom. The van der Waals surface area contributed by atoms with Crippen LogP contribution in [0.4, 0.5) is 0 Å². The predicted molar refractivity (Wildman–Crippen MR) is 129 cm³/mol. The van der Waals surface area contributed by atoms with Crippen LogP contribution in [0.25, 0.3) is 0 Å². The van der Waals surface area contributed by atoms with E-state index in [0.29, 0.717) is 30.6 Å². The van der Waals surface area contributed by atoms with Crippen molar-refractivity contribution in [1.29, 1.82) is 0 Å². The Morgan fingerprint density at radius 3 is 2.56 bits per heavy atom. The molecule has 5 nitrogen and oxygen atoms in total. The molecular weight excluding hydrogens is 402 g/mol. The SMILES string of the molecule is C[C@H](/C=C/[C@H](C)C(C)(C)O)C1CC[C@H]2/C(=C/C=C3\C[C@@H](O)C[C@H]([N+](=O)[O-])C3)CCC[C@]12C. The first-order valence-electron chi connectivity index (χ1n) is 12.5. The van der Waals surface area contributed by atoms with Gasteiger partial charge >= 0.3 is 0 Å². The van der Waals surface area contributed by atoms with Crippen molar-refractivity contribution >= 4 is 0 Å². The molecule has 0 bridgehead atoms. The van der Waals surface area contributed by atoms with Gasteiger partial charge in [0.15, 0.2) is 0 Å². The van der Waals surface area contributed by atoms with E-state index in [-0.39, 0.29) is 22.7 Å². The fourth-order valence-corrected chi connectivity index (χ4v) is 6.55. The third kappa shape index (κ3) is 5.53. The molecule has 180 valence electrons. The molecule has 5 heteroatoms. The number of rotatable bonds is 6. The number of nitro groups is 1. The van der Waals surface area contributed by atoms with E-state index in [1.54, 1.807) is 0 Å². The average Bonchev–Trinajstić information content (AvgIpc) is 3.06. The molecule has 3 aliphatic carbocycles. The van der Waals surface area contributed by atoms with Crippen LogP contribution in [0.5, 0.6) is 0 Å². The number of allylic oxidation sites excluding steroid dienone is 4. The first-order chi connectivity index (χ1) is 14.9. The van der Waals surface area contributed by atoms with E-state index in [9.17, 15) is 20.3 Å². The Kier molecular flexibility index (Phi) is 7.71. The van der Waals surface area contributed by atoms with Crippen molar-refractivity contribution in [1.82, 2.24) is 0 Å². The lowest BCUT2D eigenvalue weighted by Crippen LogP contribution is -2.35. The predicted octanol–water partition coefficient (Wildman–Crippen LogP) is 5.85. The maximum Gasteiger partial charge on any atom is 0.219 e. The summed E-state index contributed by atoms with van der Waals surface area (Å²) in [5.74, 6) is 1.80. The van der Waals surface area contributed by atoms with Gasteiger partial charge in [-0.25, -0.2) is 0 Å². The maximum absolute atomic E-state index is 11.2. The molecule has 0 radical (unpaired) electrons. The van der Waals surface area contributed by atoms with E-state index in [2.05, 4.69) is 45.1 Å². The normalized spacial score (nSPS) is 38.2. The van der Waals surface area contributed by atoms with Gasteiger partial charge in [-0.3, -0.25) is 10.1 Å². The quantitative estimate of drug-likeness (QED) is 0.305. The molecule has 32 heavy (non-hydrogen) atoms. The van der Waals surface area contributed by atoms with Crippen LogP contribution < -0.4 is 0 Å². The molecule has 0 aliphatic heterocycles. The van der Waals surface area contributed by atoms with E-state index < -0.39 is 17.7 Å². The van der Waals surface area contributed by atoms with Crippen molar-refractivity contribution in [3.05, 3.63) is 45.6 Å². The van der Waals surface area contributed by atoms with Crippen molar-refractivity contribution in [3.8, 4) is 0 Å². The van der Waals surface area contributed by atoms with Crippen molar-refractivity contribution in [2.75, 3.05) is 0 Å². The number of hydrogen-bond acceptors (Lipinski definition) is 4. The number of hydrogen-bond donors (Lipinski definition) is 2. The van der Waals surface area contributed by atoms with Crippen molar-refractivity contribution < 1.29 is 15.1 Å². The minimum Gasteiger partial charge on any atom is -0.393 e. The molecule has 0 spiro atoms. The first-order valence-corrected chi connectivity index (χ1v) is 12.5. The monoisotopic (exact) mass is 445 g/mol. The largest absolute Gasteiger partial charge is 0.393 e. The van der Waals surface area contributed by atoms with Crippen molar-refractivity contribution in [2.45, 2.75) is 104 Å². The third-order valence-electron chi connectivity index (χ3n) is 8.86. The van der Waals surface area contributed by atoms with Crippen LogP contribution in [0.1, 0.15) is 86.0 Å². The second-order valence-corrected chi connectivity index (χ2v) is 11.6. The molecule has 7 atom stereocenters. The lowest BCUT2D eigenvalue weighted by Gasteiger charge is -2.44. The Morgan fingerprint density at radius 2 is 1.91 bits per heavy atom. The number of fused-ring (bicyclic) bond motifs is 1. The maximum atomic E-state index is 11.2. The van der Waals surface area contributed by atoms with Crippen molar-refractivity contribution in [2.24, 2.45) is 29.1 Å². The summed E-state index contributed by atoms with van der Waals surface area (Å²) in [6, 6.07) is -0.658. The molecular formula is C27H43NO4. The summed E-state index contributed by atoms with van der Waals surface area (Å²) in [6.45, 7) is 10.6.